The first-order valence-corrected chi connectivity index (χ1v) is 8.28. The molecule has 0 bridgehead atoms. The Labute approximate surface area is 153 Å². The molecule has 1 amide bonds. The van der Waals surface area contributed by atoms with Crippen molar-refractivity contribution in [1.82, 2.24) is 4.57 Å². The second-order valence-corrected chi connectivity index (χ2v) is 6.30. The van der Waals surface area contributed by atoms with Gasteiger partial charge in [0.15, 0.2) is 23.1 Å². The highest BCUT2D eigenvalue weighted by Crippen LogP contribution is 2.34. The summed E-state index contributed by atoms with van der Waals surface area (Å²) < 4.78 is 39.6. The van der Waals surface area contributed by atoms with E-state index in [0.29, 0.717) is 40.6 Å². The van der Waals surface area contributed by atoms with Gasteiger partial charge in [0.1, 0.15) is 0 Å². The smallest absolute Gasteiger partial charge is 0.250 e. The highest BCUT2D eigenvalue weighted by molar-refractivity contribution is 5.95. The van der Waals surface area contributed by atoms with Crippen molar-refractivity contribution in [1.29, 1.82) is 0 Å². The second-order valence-electron chi connectivity index (χ2n) is 6.30. The Hall–Kier alpha value is -3.35. The summed E-state index contributed by atoms with van der Waals surface area (Å²) >= 11 is 0. The van der Waals surface area contributed by atoms with Crippen LogP contribution in [0.3, 0.4) is 0 Å². The van der Waals surface area contributed by atoms with Crippen molar-refractivity contribution >= 4 is 5.91 Å². The molecule has 2 heterocycles. The number of nitrogens with zero attached hydrogens (tertiary/aromatic N) is 1. The lowest BCUT2D eigenvalue weighted by Gasteiger charge is -2.13. The molecule has 0 spiro atoms. The van der Waals surface area contributed by atoms with Crippen LogP contribution in [0.5, 0.6) is 11.5 Å². The fraction of sp³-hybridized carbons (Fsp3) is 0.150. The number of benzene rings is 2. The zero-order valence-electron chi connectivity index (χ0n) is 14.5. The number of fused-ring (bicyclic) bond motifs is 1. The Morgan fingerprint density at radius 3 is 2.59 bits per heavy atom. The molecule has 2 aromatic carbocycles. The van der Waals surface area contributed by atoms with E-state index in [9.17, 15) is 13.6 Å². The molecule has 27 heavy (non-hydrogen) atoms. The van der Waals surface area contributed by atoms with Gasteiger partial charge in [-0.2, -0.15) is 0 Å². The minimum atomic E-state index is -0.957. The molecule has 0 unspecified atom stereocenters. The third-order valence-electron chi connectivity index (χ3n) is 4.63. The average Bonchev–Trinajstić information content (AvgIpc) is 3.22. The zero-order valence-corrected chi connectivity index (χ0v) is 14.5. The molecule has 0 radical (unpaired) electrons. The van der Waals surface area contributed by atoms with Crippen molar-refractivity contribution in [3.8, 4) is 22.8 Å². The Kier molecular flexibility index (Phi) is 4.07. The maximum Gasteiger partial charge on any atom is 0.250 e. The predicted molar refractivity (Wildman–Crippen MR) is 94.7 cm³/mol. The number of ether oxygens (including phenoxy) is 2. The molecule has 0 atom stereocenters. The topological polar surface area (TPSA) is 66.5 Å². The SMILES string of the molecule is Cc1c(C(N)=O)cc(-c2ccc(F)c(F)c2)n1Cc1ccc2c(c1)OCO2. The molecule has 0 fully saturated rings. The van der Waals surface area contributed by atoms with Crippen LogP contribution in [0.15, 0.2) is 42.5 Å². The van der Waals surface area contributed by atoms with Gasteiger partial charge in [-0.25, -0.2) is 8.78 Å². The van der Waals surface area contributed by atoms with E-state index >= 15 is 0 Å². The molecule has 2 N–H and O–H groups in total. The van der Waals surface area contributed by atoms with Gasteiger partial charge in [-0.05, 0) is 48.9 Å². The summed E-state index contributed by atoms with van der Waals surface area (Å²) in [6.45, 7) is 2.33. The first-order valence-electron chi connectivity index (χ1n) is 8.28. The van der Waals surface area contributed by atoms with Crippen LogP contribution in [0.25, 0.3) is 11.3 Å². The number of hydrogen-bond acceptors (Lipinski definition) is 3. The van der Waals surface area contributed by atoms with Crippen LogP contribution in [-0.4, -0.2) is 17.3 Å². The summed E-state index contributed by atoms with van der Waals surface area (Å²) in [6.07, 6.45) is 0. The van der Waals surface area contributed by atoms with Crippen molar-refractivity contribution in [3.05, 3.63) is 70.9 Å². The molecule has 3 aromatic rings. The van der Waals surface area contributed by atoms with Crippen LogP contribution >= 0.6 is 0 Å². The summed E-state index contributed by atoms with van der Waals surface area (Å²) in [5, 5.41) is 0. The number of hydrogen-bond donors (Lipinski definition) is 1. The quantitative estimate of drug-likeness (QED) is 0.763. The van der Waals surface area contributed by atoms with E-state index in [1.807, 2.05) is 22.8 Å². The van der Waals surface area contributed by atoms with Gasteiger partial charge in [-0.1, -0.05) is 6.07 Å². The van der Waals surface area contributed by atoms with E-state index in [0.717, 1.165) is 17.7 Å². The predicted octanol–water partition coefficient (Wildman–Crippen LogP) is 3.62. The third kappa shape index (κ3) is 3.01. The molecule has 0 saturated carbocycles. The molecule has 5 nitrogen and oxygen atoms in total. The normalized spacial score (nSPS) is 12.4. The largest absolute Gasteiger partial charge is 0.454 e. The van der Waals surface area contributed by atoms with Gasteiger partial charge >= 0.3 is 0 Å². The van der Waals surface area contributed by atoms with E-state index < -0.39 is 17.5 Å². The molecule has 0 saturated heterocycles. The maximum absolute atomic E-state index is 13.7. The molecule has 1 aromatic heterocycles. The third-order valence-corrected chi connectivity index (χ3v) is 4.63. The van der Waals surface area contributed by atoms with Crippen molar-refractivity contribution < 1.29 is 23.0 Å². The van der Waals surface area contributed by atoms with E-state index in [2.05, 4.69) is 0 Å². The van der Waals surface area contributed by atoms with E-state index in [4.69, 9.17) is 15.2 Å². The summed E-state index contributed by atoms with van der Waals surface area (Å²) in [5.74, 6) is -1.16. The molecule has 138 valence electrons. The van der Waals surface area contributed by atoms with Crippen LogP contribution in [0.1, 0.15) is 21.6 Å². The Bertz CT molecular complexity index is 1060. The minimum Gasteiger partial charge on any atom is -0.454 e. The minimum absolute atomic E-state index is 0.174. The van der Waals surface area contributed by atoms with Crippen molar-refractivity contribution in [3.63, 3.8) is 0 Å². The second kappa shape index (κ2) is 6.42. The number of carbonyl (C=O) groups excluding carboxylic acids is 1. The molecule has 4 rings (SSSR count). The summed E-state index contributed by atoms with van der Waals surface area (Å²) in [5.41, 5.74) is 8.36. The first kappa shape index (κ1) is 17.1. The highest BCUT2D eigenvalue weighted by Gasteiger charge is 2.19. The van der Waals surface area contributed by atoms with Gasteiger partial charge in [0.05, 0.1) is 5.56 Å². The van der Waals surface area contributed by atoms with Gasteiger partial charge < -0.3 is 19.8 Å². The van der Waals surface area contributed by atoms with Gasteiger partial charge in [-0.3, -0.25) is 4.79 Å². The van der Waals surface area contributed by atoms with Crippen LogP contribution in [0.4, 0.5) is 8.78 Å². The summed E-state index contributed by atoms with van der Waals surface area (Å²) in [6, 6.07) is 10.8. The molecule has 0 aliphatic carbocycles. The Morgan fingerprint density at radius 1 is 1.07 bits per heavy atom. The van der Waals surface area contributed by atoms with Crippen LogP contribution in [0, 0.1) is 18.6 Å². The van der Waals surface area contributed by atoms with E-state index in [-0.39, 0.29) is 6.79 Å². The number of carbonyl (C=O) groups is 1. The fourth-order valence-electron chi connectivity index (χ4n) is 3.21. The number of halogens is 2. The number of rotatable bonds is 4. The van der Waals surface area contributed by atoms with Gasteiger partial charge in [0.25, 0.3) is 5.91 Å². The number of primary amides is 1. The number of amides is 1. The monoisotopic (exact) mass is 370 g/mol. The van der Waals surface area contributed by atoms with Gasteiger partial charge in [0, 0.05) is 23.5 Å². The maximum atomic E-state index is 13.7. The lowest BCUT2D eigenvalue weighted by Crippen LogP contribution is -2.12. The van der Waals surface area contributed by atoms with Gasteiger partial charge in [-0.15, -0.1) is 0 Å². The molecule has 7 heteroatoms. The van der Waals surface area contributed by atoms with Gasteiger partial charge in [0.2, 0.25) is 6.79 Å². The Morgan fingerprint density at radius 2 is 1.85 bits per heavy atom. The molecular weight excluding hydrogens is 354 g/mol. The summed E-state index contributed by atoms with van der Waals surface area (Å²) in [7, 11) is 0. The highest BCUT2D eigenvalue weighted by atomic mass is 19.2. The van der Waals surface area contributed by atoms with Crippen LogP contribution in [-0.2, 0) is 6.54 Å². The lowest BCUT2D eigenvalue weighted by molar-refractivity contribution is 0.0999. The summed E-state index contributed by atoms with van der Waals surface area (Å²) in [4.78, 5) is 11.8. The fourth-order valence-corrected chi connectivity index (χ4v) is 3.21. The van der Waals surface area contributed by atoms with Crippen LogP contribution in [0.2, 0.25) is 0 Å². The van der Waals surface area contributed by atoms with E-state index in [1.54, 1.807) is 13.0 Å². The van der Waals surface area contributed by atoms with Crippen molar-refractivity contribution in [2.75, 3.05) is 6.79 Å². The molecular formula is C20H16F2N2O3. The number of nitrogens with two attached hydrogens (primary N) is 1. The van der Waals surface area contributed by atoms with Crippen molar-refractivity contribution in [2.45, 2.75) is 13.5 Å². The Balaban J connectivity index is 1.80. The molecule has 1 aliphatic rings. The first-order chi connectivity index (χ1) is 12.9. The molecule has 1 aliphatic heterocycles. The standard InChI is InChI=1S/C20H16F2N2O3/c1-11-14(20(23)25)8-17(13-3-4-15(21)16(22)7-13)24(11)9-12-2-5-18-19(6-12)27-10-26-18/h2-8H,9-10H2,1H3,(H2,23,25). The number of aromatic nitrogens is 1. The lowest BCUT2D eigenvalue weighted by atomic mass is 10.1. The zero-order chi connectivity index (χ0) is 19.1. The van der Waals surface area contributed by atoms with Crippen LogP contribution < -0.4 is 15.2 Å². The van der Waals surface area contributed by atoms with E-state index in [1.165, 1.54) is 6.07 Å². The average molecular weight is 370 g/mol. The van der Waals surface area contributed by atoms with Crippen molar-refractivity contribution in [2.24, 2.45) is 5.73 Å².